The Morgan fingerprint density at radius 1 is 1.00 bits per heavy atom. The smallest absolute Gasteiger partial charge is 0.305 e. The van der Waals surface area contributed by atoms with Gasteiger partial charge in [0.15, 0.2) is 0 Å². The van der Waals surface area contributed by atoms with Gasteiger partial charge in [0.1, 0.15) is 11.4 Å². The Kier molecular flexibility index (Phi) is 7.37. The minimum absolute atomic E-state index is 0.0835. The topological polar surface area (TPSA) is 66.8 Å². The summed E-state index contributed by atoms with van der Waals surface area (Å²) < 4.78 is 7.34. The van der Waals surface area contributed by atoms with Crippen LogP contribution in [0.25, 0.3) is 0 Å². The third-order valence-electron chi connectivity index (χ3n) is 6.12. The van der Waals surface area contributed by atoms with Gasteiger partial charge >= 0.3 is 5.97 Å². The van der Waals surface area contributed by atoms with Crippen LogP contribution in [0.3, 0.4) is 0 Å². The molecule has 3 aromatic carbocycles. The molecule has 3 aromatic rings. The maximum Gasteiger partial charge on any atom is 0.305 e. The number of carbonyl (C=O) groups is 2. The zero-order valence-electron chi connectivity index (χ0n) is 19.2. The zero-order chi connectivity index (χ0) is 24.1. The highest BCUT2D eigenvalue weighted by molar-refractivity contribution is 9.10. The molecule has 1 aliphatic rings. The molecule has 0 unspecified atom stereocenters. The molecular weight excluding hydrogens is 494 g/mol. The highest BCUT2D eigenvalue weighted by atomic mass is 79.9. The summed E-state index contributed by atoms with van der Waals surface area (Å²) in [6.07, 6.45) is 2.06. The van der Waals surface area contributed by atoms with Gasteiger partial charge in [-0.25, -0.2) is 0 Å². The van der Waals surface area contributed by atoms with E-state index in [1.807, 2.05) is 54.6 Å². The first kappa shape index (κ1) is 24.0. The molecule has 176 valence electrons. The van der Waals surface area contributed by atoms with Crippen LogP contribution in [0, 0.1) is 0 Å². The summed E-state index contributed by atoms with van der Waals surface area (Å²) in [6, 6.07) is 23.7. The first-order valence-corrected chi connectivity index (χ1v) is 12.2. The number of aliphatic carboxylic acids is 1. The molecule has 0 aliphatic carbocycles. The van der Waals surface area contributed by atoms with Crippen LogP contribution in [0.5, 0.6) is 5.75 Å². The Morgan fingerprint density at radius 3 is 2.44 bits per heavy atom. The van der Waals surface area contributed by atoms with E-state index < -0.39 is 5.97 Å². The normalized spacial score (nSPS) is 16.5. The van der Waals surface area contributed by atoms with E-state index in [2.05, 4.69) is 35.0 Å². The summed E-state index contributed by atoms with van der Waals surface area (Å²) in [7, 11) is 0. The second kappa shape index (κ2) is 10.4. The molecule has 1 N–H and O–H groups in total. The molecule has 0 saturated heterocycles. The number of carboxylic acids is 1. The fraction of sp³-hybridized carbons (Fsp3) is 0.286. The van der Waals surface area contributed by atoms with Gasteiger partial charge in [0.25, 0.3) is 5.91 Å². The van der Waals surface area contributed by atoms with Crippen molar-refractivity contribution in [3.05, 3.63) is 99.5 Å². The SMILES string of the molecule is C[C@@]1(Cc2ccc(Br)cc2)Cc2cc(C(=O)N(CCC(=O)O)CCc3ccccc3)ccc2O1. The number of carbonyl (C=O) groups excluding carboxylic acids is 1. The van der Waals surface area contributed by atoms with E-state index in [9.17, 15) is 9.59 Å². The van der Waals surface area contributed by atoms with E-state index in [1.165, 1.54) is 5.56 Å². The number of hydrogen-bond donors (Lipinski definition) is 1. The van der Waals surface area contributed by atoms with Crippen LogP contribution >= 0.6 is 15.9 Å². The minimum atomic E-state index is -0.913. The Hall–Kier alpha value is -3.12. The number of rotatable bonds is 9. The summed E-state index contributed by atoms with van der Waals surface area (Å²) in [5, 5.41) is 9.16. The molecule has 0 radical (unpaired) electrons. The van der Waals surface area contributed by atoms with Gasteiger partial charge in [0, 0.05) is 36.0 Å². The van der Waals surface area contributed by atoms with Crippen molar-refractivity contribution < 1.29 is 19.4 Å². The van der Waals surface area contributed by atoms with Crippen LogP contribution in [0.2, 0.25) is 0 Å². The summed E-state index contributed by atoms with van der Waals surface area (Å²) in [5.74, 6) is -0.261. The van der Waals surface area contributed by atoms with E-state index in [-0.39, 0.29) is 24.5 Å². The lowest BCUT2D eigenvalue weighted by Gasteiger charge is -2.24. The molecule has 0 spiro atoms. The lowest BCUT2D eigenvalue weighted by Crippen LogP contribution is -2.35. The standard InChI is InChI=1S/C28H28BrNO4/c1-28(18-21-7-10-24(29)11-8-21)19-23-17-22(9-12-25(23)34-28)27(33)30(16-14-26(31)32)15-13-20-5-3-2-4-6-20/h2-12,17H,13-16,18-19H2,1H3,(H,31,32)/t28-/m1/s1. The van der Waals surface area contributed by atoms with Crippen molar-refractivity contribution in [3.63, 3.8) is 0 Å². The van der Waals surface area contributed by atoms with E-state index >= 15 is 0 Å². The molecule has 34 heavy (non-hydrogen) atoms. The van der Waals surface area contributed by atoms with Gasteiger partial charge in [0.05, 0.1) is 6.42 Å². The first-order valence-electron chi connectivity index (χ1n) is 11.4. The Balaban J connectivity index is 1.47. The number of nitrogens with zero attached hydrogens (tertiary/aromatic N) is 1. The highest BCUT2D eigenvalue weighted by Crippen LogP contribution is 2.37. The monoisotopic (exact) mass is 521 g/mol. The summed E-state index contributed by atoms with van der Waals surface area (Å²) >= 11 is 3.47. The zero-order valence-corrected chi connectivity index (χ0v) is 20.8. The van der Waals surface area contributed by atoms with Crippen molar-refractivity contribution in [1.29, 1.82) is 0 Å². The van der Waals surface area contributed by atoms with E-state index in [0.29, 0.717) is 24.9 Å². The maximum atomic E-state index is 13.4. The lowest BCUT2D eigenvalue weighted by molar-refractivity contribution is -0.137. The number of amides is 1. The largest absolute Gasteiger partial charge is 0.487 e. The fourth-order valence-corrected chi connectivity index (χ4v) is 4.69. The Labute approximate surface area is 208 Å². The molecule has 0 fully saturated rings. The molecule has 1 aliphatic heterocycles. The van der Waals surface area contributed by atoms with Crippen molar-refractivity contribution in [2.75, 3.05) is 13.1 Å². The van der Waals surface area contributed by atoms with E-state index in [0.717, 1.165) is 27.8 Å². The number of benzene rings is 3. The van der Waals surface area contributed by atoms with Crippen LogP contribution in [0.15, 0.2) is 77.3 Å². The molecular formula is C28H28BrNO4. The number of fused-ring (bicyclic) bond motifs is 1. The number of carboxylic acid groups (broad SMARTS) is 1. The number of hydrogen-bond acceptors (Lipinski definition) is 3. The second-order valence-electron chi connectivity index (χ2n) is 9.03. The van der Waals surface area contributed by atoms with Gasteiger partial charge in [-0.1, -0.05) is 58.4 Å². The number of ether oxygens (including phenoxy) is 1. The highest BCUT2D eigenvalue weighted by Gasteiger charge is 2.35. The van der Waals surface area contributed by atoms with Crippen LogP contribution in [-0.2, 0) is 24.1 Å². The number of halogens is 1. The van der Waals surface area contributed by atoms with Crippen molar-refractivity contribution >= 4 is 27.8 Å². The van der Waals surface area contributed by atoms with Crippen molar-refractivity contribution in [3.8, 4) is 5.75 Å². The van der Waals surface area contributed by atoms with Gasteiger partial charge in [-0.05, 0) is 60.4 Å². The first-order chi connectivity index (χ1) is 16.3. The van der Waals surface area contributed by atoms with Crippen molar-refractivity contribution in [2.24, 2.45) is 0 Å². The Bertz CT molecular complexity index is 1160. The van der Waals surface area contributed by atoms with E-state index in [4.69, 9.17) is 9.84 Å². The van der Waals surface area contributed by atoms with Crippen molar-refractivity contribution in [1.82, 2.24) is 4.90 Å². The third kappa shape index (κ3) is 6.06. The molecule has 0 bridgehead atoms. The fourth-order valence-electron chi connectivity index (χ4n) is 4.42. The lowest BCUT2D eigenvalue weighted by atomic mass is 9.91. The van der Waals surface area contributed by atoms with Gasteiger partial charge < -0.3 is 14.7 Å². The maximum absolute atomic E-state index is 13.4. The van der Waals surface area contributed by atoms with Crippen LogP contribution < -0.4 is 4.74 Å². The predicted molar refractivity (Wildman–Crippen MR) is 135 cm³/mol. The molecule has 4 rings (SSSR count). The quantitative estimate of drug-likeness (QED) is 0.401. The average Bonchev–Trinajstić information content (AvgIpc) is 3.15. The van der Waals surface area contributed by atoms with Crippen molar-refractivity contribution in [2.45, 2.75) is 38.2 Å². The summed E-state index contributed by atoms with van der Waals surface area (Å²) in [6.45, 7) is 2.73. The summed E-state index contributed by atoms with van der Waals surface area (Å²) in [4.78, 5) is 26.2. The van der Waals surface area contributed by atoms with E-state index in [1.54, 1.807) is 11.0 Å². The average molecular weight is 522 g/mol. The van der Waals surface area contributed by atoms with Gasteiger partial charge in [-0.2, -0.15) is 0 Å². The van der Waals surface area contributed by atoms with Gasteiger partial charge in [0.2, 0.25) is 0 Å². The summed E-state index contributed by atoms with van der Waals surface area (Å²) in [5.41, 5.74) is 3.49. The molecule has 6 heteroatoms. The molecule has 1 atom stereocenters. The molecule has 1 heterocycles. The van der Waals surface area contributed by atoms with Crippen LogP contribution in [-0.4, -0.2) is 40.6 Å². The third-order valence-corrected chi connectivity index (χ3v) is 6.64. The molecule has 5 nitrogen and oxygen atoms in total. The molecule has 0 aromatic heterocycles. The van der Waals surface area contributed by atoms with Gasteiger partial charge in [-0.15, -0.1) is 0 Å². The predicted octanol–water partition coefficient (Wildman–Crippen LogP) is 5.55. The van der Waals surface area contributed by atoms with Crippen LogP contribution in [0.4, 0.5) is 0 Å². The van der Waals surface area contributed by atoms with Gasteiger partial charge in [-0.3, -0.25) is 9.59 Å². The molecule has 1 amide bonds. The molecule has 0 saturated carbocycles. The second-order valence-corrected chi connectivity index (χ2v) is 9.94. The minimum Gasteiger partial charge on any atom is -0.487 e. The Morgan fingerprint density at radius 2 is 1.74 bits per heavy atom. The van der Waals surface area contributed by atoms with Crippen LogP contribution in [0.1, 0.15) is 40.4 Å².